The summed E-state index contributed by atoms with van der Waals surface area (Å²) in [6.45, 7) is 4.63. The maximum absolute atomic E-state index is 12.3. The van der Waals surface area contributed by atoms with Gasteiger partial charge in [-0.25, -0.2) is 0 Å². The molecule has 6 heteroatoms. The van der Waals surface area contributed by atoms with E-state index in [4.69, 9.17) is 5.73 Å². The fourth-order valence-corrected chi connectivity index (χ4v) is 2.84. The minimum atomic E-state index is -0.228. The van der Waals surface area contributed by atoms with E-state index in [0.717, 1.165) is 10.4 Å². The normalized spacial score (nSPS) is 10.3. The highest BCUT2D eigenvalue weighted by Gasteiger charge is 2.17. The summed E-state index contributed by atoms with van der Waals surface area (Å²) in [6, 6.07) is 9.05. The van der Waals surface area contributed by atoms with Gasteiger partial charge in [-0.3, -0.25) is 9.59 Å². The second-order valence-corrected chi connectivity index (χ2v) is 6.22. The topological polar surface area (TPSA) is 84.2 Å². The third kappa shape index (κ3) is 3.93. The third-order valence-corrected chi connectivity index (χ3v) is 4.04. The first-order valence-electron chi connectivity index (χ1n) is 6.98. The van der Waals surface area contributed by atoms with Crippen LogP contribution < -0.4 is 16.4 Å². The van der Waals surface area contributed by atoms with Crippen LogP contribution in [0.3, 0.4) is 0 Å². The molecular weight excluding hydrogens is 298 g/mol. The highest BCUT2D eigenvalue weighted by atomic mass is 32.1. The second-order valence-electron chi connectivity index (χ2n) is 4.96. The Bertz CT molecular complexity index is 677. The van der Waals surface area contributed by atoms with Gasteiger partial charge in [0.15, 0.2) is 0 Å². The summed E-state index contributed by atoms with van der Waals surface area (Å²) < 4.78 is 0. The lowest BCUT2D eigenvalue weighted by atomic mass is 10.1. The summed E-state index contributed by atoms with van der Waals surface area (Å²) in [5, 5.41) is 6.08. The molecule has 0 bridgehead atoms. The van der Waals surface area contributed by atoms with Gasteiger partial charge in [0.25, 0.3) is 11.8 Å². The molecule has 0 atom stereocenters. The fourth-order valence-electron chi connectivity index (χ4n) is 1.94. The van der Waals surface area contributed by atoms with E-state index in [0.29, 0.717) is 29.2 Å². The van der Waals surface area contributed by atoms with Crippen LogP contribution in [0.25, 0.3) is 0 Å². The minimum absolute atomic E-state index is 0.227. The molecule has 0 aliphatic carbocycles. The molecule has 0 spiro atoms. The SMILES string of the molecule is Cc1ccc(C(=O)Nc2sc(C)cc2C(=O)NCCN)cc1. The van der Waals surface area contributed by atoms with E-state index in [1.54, 1.807) is 18.2 Å². The van der Waals surface area contributed by atoms with E-state index < -0.39 is 0 Å². The van der Waals surface area contributed by atoms with Crippen LogP contribution in [0.1, 0.15) is 31.2 Å². The molecule has 22 heavy (non-hydrogen) atoms. The molecular formula is C16H19N3O2S. The quantitative estimate of drug-likeness (QED) is 0.791. The predicted molar refractivity (Wildman–Crippen MR) is 89.6 cm³/mol. The Morgan fingerprint density at radius 3 is 2.45 bits per heavy atom. The summed E-state index contributed by atoms with van der Waals surface area (Å²) in [6.07, 6.45) is 0. The Labute approximate surface area is 133 Å². The van der Waals surface area contributed by atoms with Crippen LogP contribution in [0.15, 0.2) is 30.3 Å². The Balaban J connectivity index is 2.17. The highest BCUT2D eigenvalue weighted by Crippen LogP contribution is 2.28. The van der Waals surface area contributed by atoms with Crippen molar-refractivity contribution < 1.29 is 9.59 Å². The van der Waals surface area contributed by atoms with Gasteiger partial charge in [0.2, 0.25) is 0 Å². The van der Waals surface area contributed by atoms with E-state index in [2.05, 4.69) is 10.6 Å². The zero-order valence-electron chi connectivity index (χ0n) is 12.6. The van der Waals surface area contributed by atoms with Crippen molar-refractivity contribution in [1.29, 1.82) is 0 Å². The summed E-state index contributed by atoms with van der Waals surface area (Å²) in [5.74, 6) is -0.455. The lowest BCUT2D eigenvalue weighted by molar-refractivity contribution is 0.0956. The summed E-state index contributed by atoms with van der Waals surface area (Å²) in [5.41, 5.74) is 7.50. The van der Waals surface area contributed by atoms with Crippen LogP contribution in [-0.2, 0) is 0 Å². The Morgan fingerprint density at radius 1 is 1.14 bits per heavy atom. The molecule has 4 N–H and O–H groups in total. The zero-order valence-corrected chi connectivity index (χ0v) is 13.4. The first-order chi connectivity index (χ1) is 10.5. The van der Waals surface area contributed by atoms with Crippen LogP contribution in [-0.4, -0.2) is 24.9 Å². The number of anilines is 1. The highest BCUT2D eigenvalue weighted by molar-refractivity contribution is 7.16. The number of thiophene rings is 1. The van der Waals surface area contributed by atoms with E-state index >= 15 is 0 Å². The summed E-state index contributed by atoms with van der Waals surface area (Å²) >= 11 is 1.38. The van der Waals surface area contributed by atoms with Gasteiger partial charge in [0.05, 0.1) is 5.56 Å². The Morgan fingerprint density at radius 2 is 1.82 bits per heavy atom. The number of rotatable bonds is 5. The van der Waals surface area contributed by atoms with E-state index in [1.165, 1.54) is 11.3 Å². The summed E-state index contributed by atoms with van der Waals surface area (Å²) in [7, 11) is 0. The number of aryl methyl sites for hydroxylation is 2. The van der Waals surface area contributed by atoms with Crippen molar-refractivity contribution >= 4 is 28.2 Å². The molecule has 0 unspecified atom stereocenters. The molecule has 1 aromatic heterocycles. The number of nitrogens with one attached hydrogen (secondary N) is 2. The standard InChI is InChI=1S/C16H19N3O2S/c1-10-3-5-12(6-4-10)14(20)19-16-13(9-11(2)22-16)15(21)18-8-7-17/h3-6,9H,7-8,17H2,1-2H3,(H,18,21)(H,19,20). The molecule has 0 radical (unpaired) electrons. The number of carbonyl (C=O) groups is 2. The molecule has 0 aliphatic rings. The second kappa shape index (κ2) is 7.20. The van der Waals surface area contributed by atoms with Crippen molar-refractivity contribution in [2.24, 2.45) is 5.73 Å². The molecule has 116 valence electrons. The molecule has 0 saturated carbocycles. The van der Waals surface area contributed by atoms with Crippen molar-refractivity contribution in [1.82, 2.24) is 5.32 Å². The maximum Gasteiger partial charge on any atom is 0.256 e. The number of hydrogen-bond acceptors (Lipinski definition) is 4. The number of hydrogen-bond donors (Lipinski definition) is 3. The van der Waals surface area contributed by atoms with Gasteiger partial charge in [-0.1, -0.05) is 17.7 Å². The first kappa shape index (κ1) is 16.2. The van der Waals surface area contributed by atoms with Gasteiger partial charge >= 0.3 is 0 Å². The van der Waals surface area contributed by atoms with E-state index in [-0.39, 0.29) is 11.8 Å². The number of nitrogens with two attached hydrogens (primary N) is 1. The van der Waals surface area contributed by atoms with E-state index in [9.17, 15) is 9.59 Å². The average Bonchev–Trinajstić information content (AvgIpc) is 2.86. The molecule has 2 aromatic rings. The third-order valence-electron chi connectivity index (χ3n) is 3.07. The zero-order chi connectivity index (χ0) is 16.1. The van der Waals surface area contributed by atoms with Gasteiger partial charge in [-0.05, 0) is 32.0 Å². The largest absolute Gasteiger partial charge is 0.351 e. The van der Waals surface area contributed by atoms with Crippen molar-refractivity contribution in [3.8, 4) is 0 Å². The van der Waals surface area contributed by atoms with Gasteiger partial charge in [0.1, 0.15) is 5.00 Å². The Hall–Kier alpha value is -2.18. The van der Waals surface area contributed by atoms with Crippen LogP contribution in [0, 0.1) is 13.8 Å². The van der Waals surface area contributed by atoms with Gasteiger partial charge in [-0.15, -0.1) is 11.3 Å². The number of carbonyl (C=O) groups excluding carboxylic acids is 2. The molecule has 0 aliphatic heterocycles. The van der Waals surface area contributed by atoms with Crippen LogP contribution >= 0.6 is 11.3 Å². The van der Waals surface area contributed by atoms with E-state index in [1.807, 2.05) is 26.0 Å². The molecule has 2 amide bonds. The molecule has 1 aromatic carbocycles. The average molecular weight is 317 g/mol. The van der Waals surface area contributed by atoms with Crippen LogP contribution in [0.2, 0.25) is 0 Å². The smallest absolute Gasteiger partial charge is 0.256 e. The maximum atomic E-state index is 12.3. The monoisotopic (exact) mass is 317 g/mol. The van der Waals surface area contributed by atoms with Crippen LogP contribution in [0.4, 0.5) is 5.00 Å². The first-order valence-corrected chi connectivity index (χ1v) is 7.79. The molecule has 5 nitrogen and oxygen atoms in total. The van der Waals surface area contributed by atoms with Gasteiger partial charge in [0, 0.05) is 23.5 Å². The van der Waals surface area contributed by atoms with Gasteiger partial charge in [-0.2, -0.15) is 0 Å². The van der Waals surface area contributed by atoms with Crippen LogP contribution in [0.5, 0.6) is 0 Å². The summed E-state index contributed by atoms with van der Waals surface area (Å²) in [4.78, 5) is 25.3. The van der Waals surface area contributed by atoms with Gasteiger partial charge < -0.3 is 16.4 Å². The van der Waals surface area contributed by atoms with Crippen molar-refractivity contribution in [3.63, 3.8) is 0 Å². The molecule has 0 fully saturated rings. The molecule has 2 rings (SSSR count). The lowest BCUT2D eigenvalue weighted by Gasteiger charge is -2.07. The lowest BCUT2D eigenvalue weighted by Crippen LogP contribution is -2.29. The predicted octanol–water partition coefficient (Wildman–Crippen LogP) is 2.31. The minimum Gasteiger partial charge on any atom is -0.351 e. The molecule has 0 saturated heterocycles. The van der Waals surface area contributed by atoms with Crippen molar-refractivity contribution in [3.05, 3.63) is 51.9 Å². The Kier molecular flexibility index (Phi) is 5.30. The van der Waals surface area contributed by atoms with Crippen molar-refractivity contribution in [2.45, 2.75) is 13.8 Å². The number of benzene rings is 1. The molecule has 1 heterocycles. The fraction of sp³-hybridized carbons (Fsp3) is 0.250. The van der Waals surface area contributed by atoms with Crippen molar-refractivity contribution in [2.75, 3.05) is 18.4 Å². The number of amides is 2.